The first-order chi connectivity index (χ1) is 10.0. The molecule has 114 valence electrons. The summed E-state index contributed by atoms with van der Waals surface area (Å²) >= 11 is 0. The maximum atomic E-state index is 13.4. The van der Waals surface area contributed by atoms with E-state index in [9.17, 15) is 14.0 Å². The number of nitrogens with one attached hydrogen (secondary N) is 1. The van der Waals surface area contributed by atoms with Crippen LogP contribution < -0.4 is 5.32 Å². The van der Waals surface area contributed by atoms with Gasteiger partial charge in [0.1, 0.15) is 17.9 Å². The maximum Gasteiger partial charge on any atom is 0.322 e. The summed E-state index contributed by atoms with van der Waals surface area (Å²) in [4.78, 5) is 23.5. The summed E-state index contributed by atoms with van der Waals surface area (Å²) in [6, 6.07) is 4.98. The van der Waals surface area contributed by atoms with Crippen molar-refractivity contribution in [1.82, 2.24) is 5.32 Å². The van der Waals surface area contributed by atoms with Gasteiger partial charge >= 0.3 is 11.9 Å². The number of methoxy groups -OCH3 is 2. The van der Waals surface area contributed by atoms with Gasteiger partial charge in [-0.25, -0.2) is 4.39 Å². The molecule has 0 saturated carbocycles. The molecule has 0 aliphatic carbocycles. The largest absolute Gasteiger partial charge is 0.468 e. The fraction of sp³-hybridized carbons (Fsp3) is 0.467. The van der Waals surface area contributed by atoms with Gasteiger partial charge in [0, 0.05) is 0 Å². The number of carbonyl (C=O) groups is 2. The third-order valence-electron chi connectivity index (χ3n) is 3.73. The number of ether oxygens (including phenoxy) is 2. The van der Waals surface area contributed by atoms with Crippen LogP contribution in [0.2, 0.25) is 0 Å². The van der Waals surface area contributed by atoms with Crippen LogP contribution in [0, 0.1) is 5.82 Å². The van der Waals surface area contributed by atoms with Crippen LogP contribution in [0.1, 0.15) is 24.3 Å². The second-order valence-corrected chi connectivity index (χ2v) is 5.04. The van der Waals surface area contributed by atoms with E-state index >= 15 is 0 Å². The number of rotatable bonds is 3. The van der Waals surface area contributed by atoms with Crippen LogP contribution in [0.25, 0.3) is 0 Å². The second-order valence-electron chi connectivity index (χ2n) is 5.04. The van der Waals surface area contributed by atoms with Crippen molar-refractivity contribution >= 4 is 11.9 Å². The first-order valence-electron chi connectivity index (χ1n) is 6.72. The highest BCUT2D eigenvalue weighted by Crippen LogP contribution is 2.31. The van der Waals surface area contributed by atoms with E-state index in [2.05, 4.69) is 5.32 Å². The van der Waals surface area contributed by atoms with Gasteiger partial charge in [-0.15, -0.1) is 0 Å². The lowest BCUT2D eigenvalue weighted by molar-refractivity contribution is -0.148. The van der Waals surface area contributed by atoms with E-state index in [1.807, 2.05) is 0 Å². The summed E-state index contributed by atoms with van der Waals surface area (Å²) in [5, 5.41) is 2.93. The maximum absolute atomic E-state index is 13.4. The molecule has 1 fully saturated rings. The van der Waals surface area contributed by atoms with Crippen molar-refractivity contribution in [2.75, 3.05) is 14.2 Å². The summed E-state index contributed by atoms with van der Waals surface area (Å²) < 4.78 is 22.8. The first-order valence-corrected chi connectivity index (χ1v) is 6.72. The smallest absolute Gasteiger partial charge is 0.322 e. The molecule has 2 atom stereocenters. The topological polar surface area (TPSA) is 64.6 Å². The number of halogens is 1. The molecule has 1 heterocycles. The minimum absolute atomic E-state index is 0.116. The van der Waals surface area contributed by atoms with Gasteiger partial charge in [0.05, 0.1) is 14.2 Å². The number of hydrogen-bond acceptors (Lipinski definition) is 5. The highest BCUT2D eigenvalue weighted by atomic mass is 19.1. The number of carbonyl (C=O) groups excluding carboxylic acids is 2. The van der Waals surface area contributed by atoms with Crippen molar-refractivity contribution in [3.8, 4) is 0 Å². The van der Waals surface area contributed by atoms with Crippen LogP contribution in [0.15, 0.2) is 24.3 Å². The van der Waals surface area contributed by atoms with E-state index in [1.54, 1.807) is 12.1 Å². The quantitative estimate of drug-likeness (QED) is 0.853. The van der Waals surface area contributed by atoms with E-state index in [1.165, 1.54) is 26.4 Å². The molecule has 0 bridgehead atoms. The minimum atomic E-state index is -0.610. The number of piperidine rings is 1. The Balaban J connectivity index is 2.23. The van der Waals surface area contributed by atoms with E-state index in [-0.39, 0.29) is 11.7 Å². The van der Waals surface area contributed by atoms with Gasteiger partial charge in [0.25, 0.3) is 0 Å². The summed E-state index contributed by atoms with van der Waals surface area (Å²) in [6.07, 6.45) is 0.896. The molecule has 2 rings (SSSR count). The normalized spacial score (nSPS) is 25.2. The lowest BCUT2D eigenvalue weighted by atomic mass is 9.83. The zero-order chi connectivity index (χ0) is 15.4. The zero-order valence-corrected chi connectivity index (χ0v) is 12.0. The van der Waals surface area contributed by atoms with E-state index in [0.717, 1.165) is 5.56 Å². The fourth-order valence-electron chi connectivity index (χ4n) is 2.69. The van der Waals surface area contributed by atoms with Gasteiger partial charge in [0.2, 0.25) is 0 Å². The number of benzene rings is 1. The third-order valence-corrected chi connectivity index (χ3v) is 3.73. The molecule has 0 spiro atoms. The van der Waals surface area contributed by atoms with Crippen LogP contribution in [0.3, 0.4) is 0 Å². The van der Waals surface area contributed by atoms with Crippen molar-refractivity contribution < 1.29 is 23.5 Å². The zero-order valence-electron chi connectivity index (χ0n) is 12.0. The Morgan fingerprint density at radius 2 is 1.71 bits per heavy atom. The number of esters is 2. The Bertz CT molecular complexity index is 510. The lowest BCUT2D eigenvalue weighted by Gasteiger charge is -2.33. The SMILES string of the molecule is COC(=O)C1CC(c2cccc(F)c2)CC(C(=O)OC)N1. The molecule has 21 heavy (non-hydrogen) atoms. The fourth-order valence-corrected chi connectivity index (χ4v) is 2.69. The molecule has 0 radical (unpaired) electrons. The van der Waals surface area contributed by atoms with E-state index < -0.39 is 24.0 Å². The standard InChI is InChI=1S/C15H18FNO4/c1-20-14(18)12-7-10(8-13(17-12)15(19)21-2)9-4-3-5-11(16)6-9/h3-6,10,12-13,17H,7-8H2,1-2H3. The molecule has 0 aromatic heterocycles. The van der Waals surface area contributed by atoms with E-state index in [4.69, 9.17) is 9.47 Å². The monoisotopic (exact) mass is 295 g/mol. The highest BCUT2D eigenvalue weighted by Gasteiger charge is 2.37. The molecule has 1 saturated heterocycles. The van der Waals surface area contributed by atoms with Gasteiger partial charge in [0.15, 0.2) is 0 Å². The molecule has 2 unspecified atom stereocenters. The molecule has 1 aromatic rings. The van der Waals surface area contributed by atoms with Crippen LogP contribution in [0.5, 0.6) is 0 Å². The Hall–Kier alpha value is -1.95. The van der Waals surface area contributed by atoms with Gasteiger partial charge < -0.3 is 9.47 Å². The molecular formula is C15H18FNO4. The summed E-state index contributed by atoms with van der Waals surface area (Å²) in [6.45, 7) is 0. The Morgan fingerprint density at radius 3 is 2.19 bits per heavy atom. The lowest BCUT2D eigenvalue weighted by Crippen LogP contribution is -2.52. The summed E-state index contributed by atoms with van der Waals surface area (Å²) in [5.41, 5.74) is 0.763. The molecule has 6 heteroatoms. The molecule has 1 aliphatic heterocycles. The average Bonchev–Trinajstić information content (AvgIpc) is 2.52. The van der Waals surface area contributed by atoms with Gasteiger partial charge in [-0.3, -0.25) is 14.9 Å². The molecule has 1 N–H and O–H groups in total. The van der Waals surface area contributed by atoms with Crippen molar-refractivity contribution in [2.45, 2.75) is 30.8 Å². The molecular weight excluding hydrogens is 277 g/mol. The second kappa shape index (κ2) is 6.67. The van der Waals surface area contributed by atoms with Gasteiger partial charge in [-0.1, -0.05) is 12.1 Å². The minimum Gasteiger partial charge on any atom is -0.468 e. The van der Waals surface area contributed by atoms with Gasteiger partial charge in [-0.05, 0) is 36.5 Å². The van der Waals surface area contributed by atoms with Gasteiger partial charge in [-0.2, -0.15) is 0 Å². The Morgan fingerprint density at radius 1 is 1.14 bits per heavy atom. The molecule has 1 aromatic carbocycles. The van der Waals surface area contributed by atoms with Crippen LogP contribution >= 0.6 is 0 Å². The highest BCUT2D eigenvalue weighted by molar-refractivity contribution is 5.80. The Kier molecular flexibility index (Phi) is 4.90. The predicted molar refractivity (Wildman–Crippen MR) is 73.1 cm³/mol. The average molecular weight is 295 g/mol. The number of hydrogen-bond donors (Lipinski definition) is 1. The van der Waals surface area contributed by atoms with Crippen molar-refractivity contribution in [3.05, 3.63) is 35.6 Å². The third kappa shape index (κ3) is 3.58. The van der Waals surface area contributed by atoms with Crippen molar-refractivity contribution in [3.63, 3.8) is 0 Å². The Labute approximate surface area is 122 Å². The van der Waals surface area contributed by atoms with Crippen LogP contribution in [-0.4, -0.2) is 38.2 Å². The summed E-state index contributed by atoms with van der Waals surface area (Å²) in [5.74, 6) is -1.33. The first kappa shape index (κ1) is 15.4. The summed E-state index contributed by atoms with van der Waals surface area (Å²) in [7, 11) is 2.59. The molecule has 1 aliphatic rings. The molecule has 0 amide bonds. The predicted octanol–water partition coefficient (Wildman–Crippen LogP) is 1.38. The van der Waals surface area contributed by atoms with Crippen LogP contribution in [-0.2, 0) is 19.1 Å². The van der Waals surface area contributed by atoms with Crippen molar-refractivity contribution in [2.24, 2.45) is 0 Å². The molecule has 5 nitrogen and oxygen atoms in total. The van der Waals surface area contributed by atoms with E-state index in [0.29, 0.717) is 12.8 Å². The van der Waals surface area contributed by atoms with Crippen molar-refractivity contribution in [1.29, 1.82) is 0 Å². The van der Waals surface area contributed by atoms with Crippen LogP contribution in [0.4, 0.5) is 4.39 Å².